The first kappa shape index (κ1) is 13.1. The highest BCUT2D eigenvalue weighted by Crippen LogP contribution is 2.35. The van der Waals surface area contributed by atoms with E-state index in [9.17, 15) is 4.79 Å². The lowest BCUT2D eigenvalue weighted by atomic mass is 9.81. The molecular weight excluding hydrogens is 292 g/mol. The molecule has 3 heteroatoms. The number of carbonyl (C=O) groups excluding carboxylic acids is 1. The van der Waals surface area contributed by atoms with Gasteiger partial charge >= 0.3 is 5.97 Å². The molecule has 0 N–H and O–H groups in total. The molecule has 0 spiro atoms. The monoisotopic (exact) mass is 306 g/mol. The van der Waals surface area contributed by atoms with Crippen molar-refractivity contribution < 1.29 is 9.53 Å². The molecule has 18 heavy (non-hydrogen) atoms. The summed E-state index contributed by atoms with van der Waals surface area (Å²) in [6.07, 6.45) is 6.69. The van der Waals surface area contributed by atoms with Crippen LogP contribution in [0.5, 0.6) is 0 Å². The molecule has 0 amide bonds. The molecule has 0 saturated carbocycles. The van der Waals surface area contributed by atoms with E-state index in [0.717, 1.165) is 5.57 Å². The van der Waals surface area contributed by atoms with E-state index in [4.69, 9.17) is 4.74 Å². The van der Waals surface area contributed by atoms with Gasteiger partial charge in [0.2, 0.25) is 0 Å². The SMILES string of the molecule is COC(=O)C1(CBr)C=CC(c2ccccc2)=CC1. The van der Waals surface area contributed by atoms with Gasteiger partial charge in [-0.1, -0.05) is 64.5 Å². The molecular formula is C15H15BrO2. The first-order chi connectivity index (χ1) is 8.72. The van der Waals surface area contributed by atoms with Crippen molar-refractivity contribution in [3.63, 3.8) is 0 Å². The molecule has 1 aliphatic carbocycles. The van der Waals surface area contributed by atoms with Crippen LogP contribution in [0.1, 0.15) is 12.0 Å². The van der Waals surface area contributed by atoms with Crippen LogP contribution in [0.3, 0.4) is 0 Å². The van der Waals surface area contributed by atoms with Gasteiger partial charge in [-0.15, -0.1) is 0 Å². The summed E-state index contributed by atoms with van der Waals surface area (Å²) in [4.78, 5) is 11.8. The predicted molar refractivity (Wildman–Crippen MR) is 76.4 cm³/mol. The van der Waals surface area contributed by atoms with Gasteiger partial charge in [0.1, 0.15) is 0 Å². The van der Waals surface area contributed by atoms with Gasteiger partial charge in [-0.3, -0.25) is 4.79 Å². The lowest BCUT2D eigenvalue weighted by molar-refractivity contribution is -0.148. The van der Waals surface area contributed by atoms with Crippen LogP contribution >= 0.6 is 15.9 Å². The molecule has 94 valence electrons. The van der Waals surface area contributed by atoms with Crippen LogP contribution in [0.15, 0.2) is 48.6 Å². The van der Waals surface area contributed by atoms with Crippen molar-refractivity contribution >= 4 is 27.5 Å². The van der Waals surface area contributed by atoms with Crippen LogP contribution in [0.25, 0.3) is 5.57 Å². The smallest absolute Gasteiger partial charge is 0.316 e. The number of methoxy groups -OCH3 is 1. The summed E-state index contributed by atoms with van der Waals surface area (Å²) < 4.78 is 4.88. The molecule has 1 aliphatic rings. The third kappa shape index (κ3) is 2.41. The molecule has 0 heterocycles. The Kier molecular flexibility index (Phi) is 4.02. The van der Waals surface area contributed by atoms with E-state index in [1.165, 1.54) is 12.7 Å². The van der Waals surface area contributed by atoms with Gasteiger partial charge < -0.3 is 4.74 Å². The maximum atomic E-state index is 11.8. The Morgan fingerprint density at radius 3 is 2.61 bits per heavy atom. The Hall–Kier alpha value is -1.35. The van der Waals surface area contributed by atoms with Crippen molar-refractivity contribution in [3.05, 3.63) is 54.1 Å². The van der Waals surface area contributed by atoms with E-state index >= 15 is 0 Å². The Bertz CT molecular complexity index is 490. The minimum Gasteiger partial charge on any atom is -0.468 e. The maximum absolute atomic E-state index is 11.8. The van der Waals surface area contributed by atoms with Crippen LogP contribution in [0, 0.1) is 5.41 Å². The highest BCUT2D eigenvalue weighted by Gasteiger charge is 2.36. The minimum atomic E-state index is -0.562. The molecule has 0 saturated heterocycles. The van der Waals surface area contributed by atoms with E-state index in [-0.39, 0.29) is 5.97 Å². The summed E-state index contributed by atoms with van der Waals surface area (Å²) in [7, 11) is 1.43. The van der Waals surface area contributed by atoms with Crippen molar-refractivity contribution in [1.29, 1.82) is 0 Å². The second-order valence-corrected chi connectivity index (χ2v) is 4.91. The number of allylic oxidation sites excluding steroid dienone is 3. The lowest BCUT2D eigenvalue weighted by Crippen LogP contribution is -2.32. The van der Waals surface area contributed by atoms with E-state index in [1.54, 1.807) is 0 Å². The van der Waals surface area contributed by atoms with Gasteiger partial charge in [-0.25, -0.2) is 0 Å². The molecule has 1 aromatic rings. The molecule has 0 bridgehead atoms. The molecule has 1 unspecified atom stereocenters. The number of esters is 1. The third-order valence-electron chi connectivity index (χ3n) is 3.21. The first-order valence-corrected chi connectivity index (χ1v) is 6.93. The molecule has 0 aliphatic heterocycles. The molecule has 0 aromatic heterocycles. The standard InChI is InChI=1S/C15H15BrO2/c1-18-14(17)15(11-16)9-7-13(8-10-15)12-5-3-2-4-6-12/h2-9H,10-11H2,1H3. The Morgan fingerprint density at radius 1 is 1.39 bits per heavy atom. The molecule has 0 radical (unpaired) electrons. The van der Waals surface area contributed by atoms with E-state index in [1.807, 2.05) is 30.4 Å². The molecule has 1 aromatic carbocycles. The number of hydrogen-bond donors (Lipinski definition) is 0. The lowest BCUT2D eigenvalue weighted by Gasteiger charge is -2.27. The summed E-state index contributed by atoms with van der Waals surface area (Å²) in [5.74, 6) is -0.195. The van der Waals surface area contributed by atoms with Crippen molar-refractivity contribution in [2.75, 3.05) is 12.4 Å². The summed E-state index contributed by atoms with van der Waals surface area (Å²) in [6, 6.07) is 10.1. The number of carbonyl (C=O) groups is 1. The van der Waals surface area contributed by atoms with Crippen LogP contribution in [-0.2, 0) is 9.53 Å². The zero-order chi connectivity index (χ0) is 13.0. The minimum absolute atomic E-state index is 0.195. The van der Waals surface area contributed by atoms with Gasteiger partial charge in [0.15, 0.2) is 0 Å². The average Bonchev–Trinajstić information content (AvgIpc) is 2.47. The normalized spacial score (nSPS) is 22.4. The fourth-order valence-electron chi connectivity index (χ4n) is 2.03. The number of hydrogen-bond acceptors (Lipinski definition) is 2. The summed E-state index contributed by atoms with van der Waals surface area (Å²) >= 11 is 3.40. The van der Waals surface area contributed by atoms with Crippen molar-refractivity contribution in [2.45, 2.75) is 6.42 Å². The van der Waals surface area contributed by atoms with Crippen molar-refractivity contribution in [1.82, 2.24) is 0 Å². The zero-order valence-corrected chi connectivity index (χ0v) is 11.8. The van der Waals surface area contributed by atoms with Crippen LogP contribution in [0.4, 0.5) is 0 Å². The van der Waals surface area contributed by atoms with E-state index in [2.05, 4.69) is 34.1 Å². The fourth-order valence-corrected chi connectivity index (χ4v) is 2.68. The Labute approximate surface area is 115 Å². The number of rotatable bonds is 3. The number of ether oxygens (including phenoxy) is 1. The molecule has 1 atom stereocenters. The Balaban J connectivity index is 2.23. The van der Waals surface area contributed by atoms with E-state index < -0.39 is 5.41 Å². The van der Waals surface area contributed by atoms with Gasteiger partial charge in [0.05, 0.1) is 12.5 Å². The highest BCUT2D eigenvalue weighted by molar-refractivity contribution is 9.09. The predicted octanol–water partition coefficient (Wildman–Crippen LogP) is 3.58. The van der Waals surface area contributed by atoms with Crippen LogP contribution < -0.4 is 0 Å². The second kappa shape index (κ2) is 5.53. The topological polar surface area (TPSA) is 26.3 Å². The quantitative estimate of drug-likeness (QED) is 0.630. The molecule has 0 fully saturated rings. The average molecular weight is 307 g/mol. The highest BCUT2D eigenvalue weighted by atomic mass is 79.9. The van der Waals surface area contributed by atoms with Gasteiger partial charge in [0, 0.05) is 5.33 Å². The fraction of sp³-hybridized carbons (Fsp3) is 0.267. The van der Waals surface area contributed by atoms with E-state index in [0.29, 0.717) is 11.8 Å². The maximum Gasteiger partial charge on any atom is 0.316 e. The van der Waals surface area contributed by atoms with Crippen LogP contribution in [-0.4, -0.2) is 18.4 Å². The van der Waals surface area contributed by atoms with Gasteiger partial charge in [0.25, 0.3) is 0 Å². The van der Waals surface area contributed by atoms with Gasteiger partial charge in [-0.05, 0) is 17.6 Å². The number of alkyl halides is 1. The summed E-state index contributed by atoms with van der Waals surface area (Å²) in [6.45, 7) is 0. The third-order valence-corrected chi connectivity index (χ3v) is 4.21. The number of halogens is 1. The van der Waals surface area contributed by atoms with Gasteiger partial charge in [-0.2, -0.15) is 0 Å². The van der Waals surface area contributed by atoms with Crippen molar-refractivity contribution in [3.8, 4) is 0 Å². The first-order valence-electron chi connectivity index (χ1n) is 5.81. The van der Waals surface area contributed by atoms with Crippen molar-refractivity contribution in [2.24, 2.45) is 5.41 Å². The largest absolute Gasteiger partial charge is 0.468 e. The molecule has 2 nitrogen and oxygen atoms in total. The summed E-state index contributed by atoms with van der Waals surface area (Å²) in [5.41, 5.74) is 1.75. The number of benzene rings is 1. The Morgan fingerprint density at radius 2 is 2.11 bits per heavy atom. The zero-order valence-electron chi connectivity index (χ0n) is 10.2. The van der Waals surface area contributed by atoms with Crippen LogP contribution in [0.2, 0.25) is 0 Å². The molecule has 2 rings (SSSR count). The second-order valence-electron chi connectivity index (χ2n) is 4.34. The summed E-state index contributed by atoms with van der Waals surface area (Å²) in [5, 5.41) is 0.571.